The van der Waals surface area contributed by atoms with Crippen molar-refractivity contribution in [3.8, 4) is 0 Å². The number of aliphatic hydroxyl groups excluding tert-OH is 1. The molecule has 2 N–H and O–H groups in total. The van der Waals surface area contributed by atoms with Gasteiger partial charge in [0.05, 0.1) is 18.6 Å². The van der Waals surface area contributed by atoms with E-state index in [1.54, 1.807) is 7.11 Å². The third kappa shape index (κ3) is 2.78. The lowest BCUT2D eigenvalue weighted by molar-refractivity contribution is -0.148. The van der Waals surface area contributed by atoms with Gasteiger partial charge in [-0.05, 0) is 43.5 Å². The summed E-state index contributed by atoms with van der Waals surface area (Å²) in [6, 6.07) is 6.41. The summed E-state index contributed by atoms with van der Waals surface area (Å²) in [7, 11) is 5.95. The van der Waals surface area contributed by atoms with Crippen LogP contribution < -0.4 is 5.32 Å². The normalized spacial score (nSPS) is 28.2. The summed E-state index contributed by atoms with van der Waals surface area (Å²) >= 11 is 0. The molecule has 2 aromatic rings. The number of hydrogen-bond donors (Lipinski definition) is 2. The van der Waals surface area contributed by atoms with E-state index in [4.69, 9.17) is 4.74 Å². The van der Waals surface area contributed by atoms with Gasteiger partial charge in [-0.1, -0.05) is 19.1 Å². The summed E-state index contributed by atoms with van der Waals surface area (Å²) < 4.78 is 8.45. The summed E-state index contributed by atoms with van der Waals surface area (Å²) in [5, 5.41) is 13.8. The number of ether oxygens (including phenoxy) is 1. The van der Waals surface area contributed by atoms with E-state index in [0.29, 0.717) is 13.0 Å². The highest BCUT2D eigenvalue weighted by molar-refractivity contribution is 5.90. The third-order valence-corrected chi connectivity index (χ3v) is 6.89. The van der Waals surface area contributed by atoms with Gasteiger partial charge < -0.3 is 19.7 Å². The molecule has 0 saturated carbocycles. The Balaban J connectivity index is 1.75. The van der Waals surface area contributed by atoms with Gasteiger partial charge in [-0.15, -0.1) is 0 Å². The molecule has 0 bridgehead atoms. The second-order valence-electron chi connectivity index (χ2n) is 8.42. The maximum Gasteiger partial charge on any atom is 0.224 e. The number of nitrogens with zero attached hydrogens (tertiary/aromatic N) is 2. The van der Waals surface area contributed by atoms with Crippen molar-refractivity contribution in [1.82, 2.24) is 14.8 Å². The Kier molecular flexibility index (Phi) is 4.98. The van der Waals surface area contributed by atoms with Crippen LogP contribution in [0, 0.1) is 5.92 Å². The number of hydrogen-bond acceptors (Lipinski definition) is 4. The van der Waals surface area contributed by atoms with Gasteiger partial charge in [0, 0.05) is 43.8 Å². The Hall–Kier alpha value is -1.89. The lowest BCUT2D eigenvalue weighted by Gasteiger charge is -2.52. The van der Waals surface area contributed by atoms with Gasteiger partial charge in [0.2, 0.25) is 5.91 Å². The number of aromatic nitrogens is 1. The number of aliphatic hydroxyl groups is 1. The van der Waals surface area contributed by atoms with Gasteiger partial charge in [0.25, 0.3) is 0 Å². The first-order chi connectivity index (χ1) is 13.4. The predicted octanol–water partition coefficient (Wildman–Crippen LogP) is 1.78. The van der Waals surface area contributed by atoms with E-state index in [1.165, 1.54) is 22.0 Å². The van der Waals surface area contributed by atoms with Gasteiger partial charge in [-0.3, -0.25) is 9.69 Å². The Bertz CT molecular complexity index is 889. The van der Waals surface area contributed by atoms with E-state index in [1.807, 2.05) is 6.92 Å². The highest BCUT2D eigenvalue weighted by Gasteiger charge is 2.53. The fourth-order valence-corrected chi connectivity index (χ4v) is 5.36. The second kappa shape index (κ2) is 7.17. The Morgan fingerprint density at radius 3 is 2.89 bits per heavy atom. The van der Waals surface area contributed by atoms with Crippen molar-refractivity contribution in [2.75, 3.05) is 27.3 Å². The quantitative estimate of drug-likeness (QED) is 0.824. The van der Waals surface area contributed by atoms with Crippen molar-refractivity contribution >= 4 is 16.8 Å². The van der Waals surface area contributed by atoms with Crippen molar-refractivity contribution < 1.29 is 14.6 Å². The maximum absolute atomic E-state index is 13.0. The van der Waals surface area contributed by atoms with Crippen LogP contribution in [0.1, 0.15) is 30.9 Å². The van der Waals surface area contributed by atoms with E-state index in [2.05, 4.69) is 53.3 Å². The van der Waals surface area contributed by atoms with Crippen LogP contribution in [0.5, 0.6) is 0 Å². The van der Waals surface area contributed by atoms with Gasteiger partial charge in [0.1, 0.15) is 5.60 Å². The average molecular weight is 386 g/mol. The summed E-state index contributed by atoms with van der Waals surface area (Å²) in [5.74, 6) is -0.170. The molecule has 6 heteroatoms. The molecule has 1 fully saturated rings. The van der Waals surface area contributed by atoms with Crippen LogP contribution in [-0.2, 0) is 28.6 Å². The molecule has 152 valence electrons. The first-order valence-electron chi connectivity index (χ1n) is 10.2. The molecule has 4 unspecified atom stereocenters. The number of likely N-dealkylation sites (tertiary alicyclic amines) is 1. The molecule has 1 aliphatic heterocycles. The number of methoxy groups -OCH3 is 1. The fourth-order valence-electron chi connectivity index (χ4n) is 5.36. The predicted molar refractivity (Wildman–Crippen MR) is 109 cm³/mol. The van der Waals surface area contributed by atoms with Crippen molar-refractivity contribution in [1.29, 1.82) is 0 Å². The molecule has 0 radical (unpaired) electrons. The molecular formula is C22H31N3O3. The number of carbonyl (C=O) groups is 1. The number of piperidine rings is 1. The molecule has 4 atom stereocenters. The van der Waals surface area contributed by atoms with Gasteiger partial charge in [-0.2, -0.15) is 0 Å². The first kappa shape index (κ1) is 19.4. The smallest absolute Gasteiger partial charge is 0.224 e. The number of aryl methyl sites for hydroxylation is 1. The van der Waals surface area contributed by atoms with Crippen molar-refractivity contribution in [3.05, 3.63) is 35.5 Å². The number of amides is 1. The number of fused-ring (bicyclic) bond motifs is 2. The maximum atomic E-state index is 13.0. The van der Waals surface area contributed by atoms with Gasteiger partial charge >= 0.3 is 0 Å². The molecule has 0 spiro atoms. The van der Waals surface area contributed by atoms with Crippen LogP contribution >= 0.6 is 0 Å². The molecule has 2 aliphatic rings. The van der Waals surface area contributed by atoms with Crippen molar-refractivity contribution in [2.45, 2.75) is 43.9 Å². The van der Waals surface area contributed by atoms with Crippen LogP contribution in [0.4, 0.5) is 0 Å². The Morgan fingerprint density at radius 2 is 2.21 bits per heavy atom. The molecule has 1 aliphatic carbocycles. The van der Waals surface area contributed by atoms with Crippen LogP contribution in [0.15, 0.2) is 24.4 Å². The summed E-state index contributed by atoms with van der Waals surface area (Å²) in [6.07, 6.45) is 4.52. The van der Waals surface area contributed by atoms with Crippen LogP contribution in [0.3, 0.4) is 0 Å². The molecule has 2 heterocycles. The lowest BCUT2D eigenvalue weighted by atomic mass is 9.68. The molecule has 28 heavy (non-hydrogen) atoms. The topological polar surface area (TPSA) is 66.7 Å². The van der Waals surface area contributed by atoms with Crippen LogP contribution in [0.25, 0.3) is 10.9 Å². The minimum Gasteiger partial charge on any atom is -0.394 e. The van der Waals surface area contributed by atoms with E-state index in [-0.39, 0.29) is 30.5 Å². The van der Waals surface area contributed by atoms with E-state index in [9.17, 15) is 9.90 Å². The van der Waals surface area contributed by atoms with Crippen molar-refractivity contribution in [3.63, 3.8) is 0 Å². The number of carbonyl (C=O) groups excluding carboxylic acids is 1. The zero-order valence-electron chi connectivity index (χ0n) is 17.2. The summed E-state index contributed by atoms with van der Waals surface area (Å²) in [6.45, 7) is 2.64. The van der Waals surface area contributed by atoms with E-state index >= 15 is 0 Å². The number of nitrogens with one attached hydrogen (secondary N) is 1. The average Bonchev–Trinajstić information content (AvgIpc) is 3.03. The van der Waals surface area contributed by atoms with E-state index in [0.717, 1.165) is 12.8 Å². The number of likely N-dealkylation sites (N-methyl/N-ethyl adjacent to an activating group) is 1. The molecule has 1 aromatic carbocycles. The monoisotopic (exact) mass is 385 g/mol. The molecule has 6 nitrogen and oxygen atoms in total. The highest BCUT2D eigenvalue weighted by Crippen LogP contribution is 2.49. The fraction of sp³-hybridized carbons (Fsp3) is 0.591. The van der Waals surface area contributed by atoms with Gasteiger partial charge in [-0.25, -0.2) is 0 Å². The Morgan fingerprint density at radius 1 is 1.43 bits per heavy atom. The van der Waals surface area contributed by atoms with E-state index < -0.39 is 5.60 Å². The number of benzene rings is 1. The zero-order chi connectivity index (χ0) is 20.1. The zero-order valence-corrected chi connectivity index (χ0v) is 17.2. The van der Waals surface area contributed by atoms with Gasteiger partial charge in [0.15, 0.2) is 0 Å². The molecule has 1 saturated heterocycles. The summed E-state index contributed by atoms with van der Waals surface area (Å²) in [4.78, 5) is 15.3. The van der Waals surface area contributed by atoms with Crippen LogP contribution in [-0.4, -0.2) is 59.9 Å². The van der Waals surface area contributed by atoms with Crippen LogP contribution in [0.2, 0.25) is 0 Å². The molecule has 1 amide bonds. The largest absolute Gasteiger partial charge is 0.394 e. The SMILES string of the molecule is CCC(CO)NC(=O)C1CN(C)C2Cc3cn(C)c4cccc(c34)C2(OC)C1. The summed E-state index contributed by atoms with van der Waals surface area (Å²) in [5.41, 5.74) is 3.25. The second-order valence-corrected chi connectivity index (χ2v) is 8.42. The minimum atomic E-state index is -0.510. The molecule has 4 rings (SSSR count). The third-order valence-electron chi connectivity index (χ3n) is 6.89. The molecular weight excluding hydrogens is 354 g/mol. The highest BCUT2D eigenvalue weighted by atomic mass is 16.5. The lowest BCUT2D eigenvalue weighted by Crippen LogP contribution is -2.61. The van der Waals surface area contributed by atoms with Crippen molar-refractivity contribution in [2.24, 2.45) is 13.0 Å². The number of rotatable bonds is 5. The minimum absolute atomic E-state index is 0.00802. The standard InChI is InChI=1S/C22H31N3O3/c1-5-16(13-26)23-21(27)15-10-22(28-4)17-7-6-8-18-20(17)14(11-24(18)2)9-19(22)25(3)12-15/h6-8,11,15-16,19,26H,5,9-10,12-13H2,1-4H3,(H,23,27). The molecule has 1 aromatic heterocycles. The Labute approximate surface area is 166 Å². The first-order valence-corrected chi connectivity index (χ1v) is 10.2.